The van der Waals surface area contributed by atoms with Crippen LogP contribution in [0, 0.1) is 11.3 Å². The van der Waals surface area contributed by atoms with Gasteiger partial charge < -0.3 is 10.4 Å². The fourth-order valence-electron chi connectivity index (χ4n) is 1.87. The first-order chi connectivity index (χ1) is 8.17. The van der Waals surface area contributed by atoms with Gasteiger partial charge in [-0.15, -0.1) is 0 Å². The summed E-state index contributed by atoms with van der Waals surface area (Å²) >= 11 is 0. The van der Waals surface area contributed by atoms with Crippen molar-refractivity contribution in [3.05, 3.63) is 35.4 Å². The molecule has 4 heteroatoms. The Kier molecular flexibility index (Phi) is 3.40. The first-order valence-corrected chi connectivity index (χ1v) is 5.64. The van der Waals surface area contributed by atoms with Gasteiger partial charge in [0.1, 0.15) is 0 Å². The molecular weight excluding hydrogens is 216 g/mol. The Balaban J connectivity index is 1.83. The minimum Gasteiger partial charge on any atom is -0.393 e. The number of nitriles is 1. The number of rotatable bonds is 3. The third kappa shape index (κ3) is 3.05. The van der Waals surface area contributed by atoms with Crippen molar-refractivity contribution in [2.24, 2.45) is 0 Å². The van der Waals surface area contributed by atoms with Crippen molar-refractivity contribution in [3.63, 3.8) is 0 Å². The molecule has 0 radical (unpaired) electrons. The summed E-state index contributed by atoms with van der Waals surface area (Å²) in [6, 6.07) is 9.13. The number of hydrogen-bond donors (Lipinski definition) is 2. The molecule has 1 aliphatic carbocycles. The lowest BCUT2D eigenvalue weighted by atomic mass is 9.89. The van der Waals surface area contributed by atoms with Gasteiger partial charge in [0.2, 0.25) is 5.91 Å². The van der Waals surface area contributed by atoms with Gasteiger partial charge in [-0.3, -0.25) is 4.79 Å². The van der Waals surface area contributed by atoms with Crippen LogP contribution in [0.4, 0.5) is 0 Å². The number of amides is 1. The zero-order chi connectivity index (χ0) is 12.3. The van der Waals surface area contributed by atoms with E-state index in [1.54, 1.807) is 24.3 Å². The Morgan fingerprint density at radius 2 is 2.06 bits per heavy atom. The third-order valence-electron chi connectivity index (χ3n) is 2.93. The van der Waals surface area contributed by atoms with Gasteiger partial charge in [-0.05, 0) is 30.5 Å². The molecule has 2 N–H and O–H groups in total. The highest BCUT2D eigenvalue weighted by molar-refractivity contribution is 5.79. The minimum absolute atomic E-state index is 0.0355. The summed E-state index contributed by atoms with van der Waals surface area (Å²) in [5.74, 6) is -0.0355. The Bertz CT molecular complexity index is 441. The lowest BCUT2D eigenvalue weighted by Crippen LogP contribution is -2.47. The first kappa shape index (κ1) is 11.6. The highest BCUT2D eigenvalue weighted by atomic mass is 16.3. The maximum atomic E-state index is 11.6. The van der Waals surface area contributed by atoms with Crippen molar-refractivity contribution in [2.75, 3.05) is 0 Å². The van der Waals surface area contributed by atoms with Crippen LogP contribution < -0.4 is 5.32 Å². The van der Waals surface area contributed by atoms with Gasteiger partial charge >= 0.3 is 0 Å². The van der Waals surface area contributed by atoms with Gasteiger partial charge in [-0.2, -0.15) is 5.26 Å². The molecule has 17 heavy (non-hydrogen) atoms. The molecule has 0 bridgehead atoms. The van der Waals surface area contributed by atoms with Gasteiger partial charge in [0.15, 0.2) is 0 Å². The molecule has 0 unspecified atom stereocenters. The molecule has 4 nitrogen and oxygen atoms in total. The number of hydrogen-bond acceptors (Lipinski definition) is 3. The van der Waals surface area contributed by atoms with Gasteiger partial charge in [0.25, 0.3) is 0 Å². The Morgan fingerprint density at radius 1 is 1.41 bits per heavy atom. The van der Waals surface area contributed by atoms with E-state index < -0.39 is 0 Å². The average molecular weight is 230 g/mol. The molecule has 1 aromatic carbocycles. The number of benzene rings is 1. The Morgan fingerprint density at radius 3 is 2.59 bits per heavy atom. The van der Waals surface area contributed by atoms with Crippen molar-refractivity contribution in [1.82, 2.24) is 5.32 Å². The van der Waals surface area contributed by atoms with E-state index in [9.17, 15) is 4.79 Å². The lowest BCUT2D eigenvalue weighted by molar-refractivity contribution is -0.122. The summed E-state index contributed by atoms with van der Waals surface area (Å²) in [7, 11) is 0. The molecule has 0 aliphatic heterocycles. The number of aliphatic hydroxyl groups excluding tert-OH is 1. The van der Waals surface area contributed by atoms with Gasteiger partial charge in [-0.25, -0.2) is 0 Å². The summed E-state index contributed by atoms with van der Waals surface area (Å²) < 4.78 is 0. The van der Waals surface area contributed by atoms with Crippen molar-refractivity contribution in [1.29, 1.82) is 5.26 Å². The number of carbonyl (C=O) groups is 1. The van der Waals surface area contributed by atoms with E-state index in [4.69, 9.17) is 10.4 Å². The van der Waals surface area contributed by atoms with Crippen LogP contribution in [0.2, 0.25) is 0 Å². The molecule has 0 saturated heterocycles. The molecule has 1 amide bonds. The normalized spacial score (nSPS) is 22.4. The molecule has 88 valence electrons. The number of nitrogens with zero attached hydrogens (tertiary/aromatic N) is 1. The van der Waals surface area contributed by atoms with Crippen LogP contribution in [0.15, 0.2) is 24.3 Å². The molecule has 1 fully saturated rings. The van der Waals surface area contributed by atoms with Crippen molar-refractivity contribution < 1.29 is 9.90 Å². The molecule has 1 aromatic rings. The standard InChI is InChI=1S/C13H14N2O2/c14-8-10-3-1-9(2-4-10)5-13(17)15-11-6-12(16)7-11/h1-4,11-12,16H,5-7H2,(H,15,17). The van der Waals surface area contributed by atoms with Crippen LogP contribution in [0.5, 0.6) is 0 Å². The van der Waals surface area contributed by atoms with Crippen molar-refractivity contribution in [2.45, 2.75) is 31.4 Å². The zero-order valence-electron chi connectivity index (χ0n) is 9.39. The van der Waals surface area contributed by atoms with E-state index in [0.29, 0.717) is 24.8 Å². The predicted octanol–water partition coefficient (Wildman–Crippen LogP) is 0.740. The van der Waals surface area contributed by atoms with E-state index in [1.807, 2.05) is 6.07 Å². The third-order valence-corrected chi connectivity index (χ3v) is 2.93. The summed E-state index contributed by atoms with van der Waals surface area (Å²) in [6.07, 6.45) is 1.37. The van der Waals surface area contributed by atoms with Crippen LogP contribution in [-0.4, -0.2) is 23.2 Å². The van der Waals surface area contributed by atoms with Gasteiger partial charge in [0, 0.05) is 6.04 Å². The van der Waals surface area contributed by atoms with Crippen LogP contribution in [-0.2, 0) is 11.2 Å². The molecule has 1 aliphatic rings. The maximum absolute atomic E-state index is 11.6. The lowest BCUT2D eigenvalue weighted by Gasteiger charge is -2.31. The van der Waals surface area contributed by atoms with Crippen LogP contribution in [0.3, 0.4) is 0 Å². The van der Waals surface area contributed by atoms with Gasteiger partial charge in [-0.1, -0.05) is 12.1 Å². The molecule has 0 atom stereocenters. The van der Waals surface area contributed by atoms with Crippen LogP contribution in [0.25, 0.3) is 0 Å². The first-order valence-electron chi connectivity index (χ1n) is 5.64. The SMILES string of the molecule is N#Cc1ccc(CC(=O)NC2CC(O)C2)cc1. The molecule has 0 heterocycles. The number of nitrogens with one attached hydrogen (secondary N) is 1. The van der Waals surface area contributed by atoms with Gasteiger partial charge in [0.05, 0.1) is 24.2 Å². The molecular formula is C13H14N2O2. The monoisotopic (exact) mass is 230 g/mol. The minimum atomic E-state index is -0.254. The average Bonchev–Trinajstić information content (AvgIpc) is 2.28. The van der Waals surface area contributed by atoms with Crippen LogP contribution >= 0.6 is 0 Å². The zero-order valence-corrected chi connectivity index (χ0v) is 9.39. The summed E-state index contributed by atoms with van der Waals surface area (Å²) in [5.41, 5.74) is 1.48. The Labute approximate surface area is 99.9 Å². The smallest absolute Gasteiger partial charge is 0.224 e. The van der Waals surface area contributed by atoms with Crippen LogP contribution in [0.1, 0.15) is 24.0 Å². The fraction of sp³-hybridized carbons (Fsp3) is 0.385. The van der Waals surface area contributed by atoms with E-state index in [2.05, 4.69) is 5.32 Å². The van der Waals surface area contributed by atoms with E-state index in [-0.39, 0.29) is 18.1 Å². The maximum Gasteiger partial charge on any atom is 0.224 e. The fourth-order valence-corrected chi connectivity index (χ4v) is 1.87. The molecule has 2 rings (SSSR count). The second kappa shape index (κ2) is 4.98. The second-order valence-corrected chi connectivity index (χ2v) is 4.38. The second-order valence-electron chi connectivity index (χ2n) is 4.38. The summed E-state index contributed by atoms with van der Waals surface area (Å²) in [6.45, 7) is 0. The summed E-state index contributed by atoms with van der Waals surface area (Å²) in [4.78, 5) is 11.6. The Hall–Kier alpha value is -1.86. The topological polar surface area (TPSA) is 73.1 Å². The highest BCUT2D eigenvalue weighted by Gasteiger charge is 2.28. The van der Waals surface area contributed by atoms with E-state index in [1.165, 1.54) is 0 Å². The molecule has 0 spiro atoms. The van der Waals surface area contributed by atoms with E-state index in [0.717, 1.165) is 5.56 Å². The quantitative estimate of drug-likeness (QED) is 0.804. The van der Waals surface area contributed by atoms with Crippen molar-refractivity contribution in [3.8, 4) is 6.07 Å². The largest absolute Gasteiger partial charge is 0.393 e. The number of aliphatic hydroxyl groups is 1. The van der Waals surface area contributed by atoms with E-state index >= 15 is 0 Å². The van der Waals surface area contributed by atoms with Crippen molar-refractivity contribution >= 4 is 5.91 Å². The molecule has 1 saturated carbocycles. The predicted molar refractivity (Wildman–Crippen MR) is 62.0 cm³/mol. The highest BCUT2D eigenvalue weighted by Crippen LogP contribution is 2.19. The summed E-state index contributed by atoms with van der Waals surface area (Å²) in [5, 5.41) is 20.6. The number of carbonyl (C=O) groups excluding carboxylic acids is 1. The molecule has 0 aromatic heterocycles.